The van der Waals surface area contributed by atoms with Crippen molar-refractivity contribution in [2.75, 3.05) is 24.2 Å². The van der Waals surface area contributed by atoms with Gasteiger partial charge in [-0.25, -0.2) is 4.79 Å². The van der Waals surface area contributed by atoms with Crippen molar-refractivity contribution in [3.8, 4) is 0 Å². The van der Waals surface area contributed by atoms with Crippen molar-refractivity contribution in [1.29, 1.82) is 0 Å². The smallest absolute Gasteiger partial charge is 0.337 e. The van der Waals surface area contributed by atoms with Crippen molar-refractivity contribution in [1.82, 2.24) is 4.98 Å². The van der Waals surface area contributed by atoms with Gasteiger partial charge in [-0.05, 0) is 36.2 Å². The molecule has 0 unspecified atom stereocenters. The quantitative estimate of drug-likeness (QED) is 0.813. The van der Waals surface area contributed by atoms with Gasteiger partial charge in [-0.2, -0.15) is 0 Å². The molecule has 0 atom stereocenters. The highest BCUT2D eigenvalue weighted by Gasteiger charge is 2.16. The molecule has 0 fully saturated rings. The molecule has 5 heteroatoms. The molecule has 0 aliphatic heterocycles. The zero-order chi connectivity index (χ0) is 14.5. The number of hydrogen-bond donors (Lipinski definition) is 2. The van der Waals surface area contributed by atoms with Gasteiger partial charge in [-0.15, -0.1) is 0 Å². The van der Waals surface area contributed by atoms with Gasteiger partial charge < -0.3 is 15.7 Å². The number of likely N-dealkylation sites (N-methyl/N-ethyl adjacent to an activating group) is 1. The van der Waals surface area contributed by atoms with Gasteiger partial charge in [0.25, 0.3) is 0 Å². The predicted octanol–water partition coefficient (Wildman–Crippen LogP) is 2.04. The molecule has 0 saturated carbocycles. The zero-order valence-electron chi connectivity index (χ0n) is 11.3. The first-order chi connectivity index (χ1) is 9.59. The molecule has 1 heterocycles. The van der Waals surface area contributed by atoms with E-state index in [0.29, 0.717) is 17.9 Å². The second-order valence-electron chi connectivity index (χ2n) is 4.58. The lowest BCUT2D eigenvalue weighted by Gasteiger charge is -2.23. The Balaban J connectivity index is 2.17. The van der Waals surface area contributed by atoms with Crippen molar-refractivity contribution in [3.05, 3.63) is 53.9 Å². The van der Waals surface area contributed by atoms with Crippen LogP contribution in [0.5, 0.6) is 0 Å². The molecule has 0 bridgehead atoms. The average molecular weight is 271 g/mol. The Morgan fingerprint density at radius 1 is 1.30 bits per heavy atom. The Morgan fingerprint density at radius 3 is 2.65 bits per heavy atom. The highest BCUT2D eigenvalue weighted by atomic mass is 16.4. The predicted molar refractivity (Wildman–Crippen MR) is 79.0 cm³/mol. The van der Waals surface area contributed by atoms with Crippen LogP contribution in [0, 0.1) is 0 Å². The summed E-state index contributed by atoms with van der Waals surface area (Å²) in [7, 11) is 1.85. The number of aromatic carboxylic acids is 1. The number of hydrogen-bond acceptors (Lipinski definition) is 4. The first-order valence-corrected chi connectivity index (χ1v) is 6.31. The van der Waals surface area contributed by atoms with E-state index in [4.69, 9.17) is 5.73 Å². The van der Waals surface area contributed by atoms with E-state index in [-0.39, 0.29) is 5.56 Å². The number of pyridine rings is 1. The van der Waals surface area contributed by atoms with Crippen molar-refractivity contribution in [2.45, 2.75) is 6.42 Å². The number of benzene rings is 1. The maximum Gasteiger partial charge on any atom is 0.337 e. The lowest BCUT2D eigenvalue weighted by atomic mass is 10.1. The number of carbonyl (C=O) groups is 1. The Hall–Kier alpha value is -2.56. The third kappa shape index (κ3) is 3.06. The Kier molecular flexibility index (Phi) is 4.20. The van der Waals surface area contributed by atoms with E-state index >= 15 is 0 Å². The fourth-order valence-electron chi connectivity index (χ4n) is 2.12. The third-order valence-corrected chi connectivity index (χ3v) is 3.16. The fraction of sp³-hybridized carbons (Fsp3) is 0.200. The number of anilines is 2. The highest BCUT2D eigenvalue weighted by Crippen LogP contribution is 2.27. The first kappa shape index (κ1) is 13.9. The van der Waals surface area contributed by atoms with Crippen molar-refractivity contribution >= 4 is 17.3 Å². The lowest BCUT2D eigenvalue weighted by Crippen LogP contribution is -2.24. The summed E-state index contributed by atoms with van der Waals surface area (Å²) in [6.45, 7) is 0.679. The largest absolute Gasteiger partial charge is 0.478 e. The molecule has 0 radical (unpaired) electrons. The maximum atomic E-state index is 11.3. The normalized spacial score (nSPS) is 10.2. The summed E-state index contributed by atoms with van der Waals surface area (Å²) < 4.78 is 0. The minimum atomic E-state index is -0.969. The first-order valence-electron chi connectivity index (χ1n) is 6.31. The molecule has 0 spiro atoms. The van der Waals surface area contributed by atoms with Crippen molar-refractivity contribution in [2.24, 2.45) is 0 Å². The second kappa shape index (κ2) is 6.06. The van der Waals surface area contributed by atoms with E-state index in [1.807, 2.05) is 24.1 Å². The van der Waals surface area contributed by atoms with Crippen LogP contribution >= 0.6 is 0 Å². The summed E-state index contributed by atoms with van der Waals surface area (Å²) in [4.78, 5) is 17.1. The van der Waals surface area contributed by atoms with E-state index < -0.39 is 5.97 Å². The SMILES string of the molecule is CN(CCc1ccncc1)c1c(N)cccc1C(=O)O. The van der Waals surface area contributed by atoms with Crippen LogP contribution in [0.25, 0.3) is 0 Å². The number of carboxylic acids is 1. The molecule has 0 aliphatic carbocycles. The van der Waals surface area contributed by atoms with Gasteiger partial charge in [-0.3, -0.25) is 4.98 Å². The van der Waals surface area contributed by atoms with E-state index in [2.05, 4.69) is 4.98 Å². The highest BCUT2D eigenvalue weighted by molar-refractivity contribution is 5.97. The van der Waals surface area contributed by atoms with Crippen LogP contribution in [0.15, 0.2) is 42.7 Å². The topological polar surface area (TPSA) is 79.5 Å². The molecule has 0 aliphatic rings. The summed E-state index contributed by atoms with van der Waals surface area (Å²) in [6.07, 6.45) is 4.29. The van der Waals surface area contributed by atoms with Crippen LogP contribution < -0.4 is 10.6 Å². The van der Waals surface area contributed by atoms with Gasteiger partial charge in [0.05, 0.1) is 16.9 Å². The summed E-state index contributed by atoms with van der Waals surface area (Å²) in [5, 5.41) is 9.23. The molecule has 0 amide bonds. The Morgan fingerprint density at radius 2 is 2.00 bits per heavy atom. The molecule has 2 aromatic rings. The Bertz CT molecular complexity index is 599. The van der Waals surface area contributed by atoms with Gasteiger partial charge in [0.2, 0.25) is 0 Å². The number of aromatic nitrogens is 1. The second-order valence-corrected chi connectivity index (χ2v) is 4.58. The monoisotopic (exact) mass is 271 g/mol. The molecule has 2 rings (SSSR count). The zero-order valence-corrected chi connectivity index (χ0v) is 11.3. The number of nitrogens with two attached hydrogens (primary N) is 1. The number of carboxylic acid groups (broad SMARTS) is 1. The van der Waals surface area contributed by atoms with Gasteiger partial charge in [0.15, 0.2) is 0 Å². The molecular weight excluding hydrogens is 254 g/mol. The van der Waals surface area contributed by atoms with E-state index in [1.165, 1.54) is 0 Å². The average Bonchev–Trinajstić information content (AvgIpc) is 2.45. The summed E-state index contributed by atoms with van der Waals surface area (Å²) in [5.41, 5.74) is 8.33. The number of nitrogen functional groups attached to an aromatic ring is 1. The van der Waals surface area contributed by atoms with Crippen LogP contribution in [0.3, 0.4) is 0 Å². The molecule has 1 aromatic heterocycles. The fourth-order valence-corrected chi connectivity index (χ4v) is 2.12. The molecule has 20 heavy (non-hydrogen) atoms. The third-order valence-electron chi connectivity index (χ3n) is 3.16. The van der Waals surface area contributed by atoms with E-state index in [9.17, 15) is 9.90 Å². The van der Waals surface area contributed by atoms with Crippen LogP contribution in [-0.2, 0) is 6.42 Å². The van der Waals surface area contributed by atoms with Crippen LogP contribution in [0.4, 0.5) is 11.4 Å². The molecule has 5 nitrogen and oxygen atoms in total. The Labute approximate surface area is 117 Å². The van der Waals surface area contributed by atoms with Crippen molar-refractivity contribution < 1.29 is 9.90 Å². The molecule has 3 N–H and O–H groups in total. The van der Waals surface area contributed by atoms with Crippen LogP contribution in [0.1, 0.15) is 15.9 Å². The summed E-state index contributed by atoms with van der Waals surface area (Å²) in [5.74, 6) is -0.969. The van der Waals surface area contributed by atoms with Gasteiger partial charge in [-0.1, -0.05) is 6.07 Å². The van der Waals surface area contributed by atoms with Gasteiger partial charge >= 0.3 is 5.97 Å². The summed E-state index contributed by atoms with van der Waals surface area (Å²) >= 11 is 0. The van der Waals surface area contributed by atoms with E-state index in [1.54, 1.807) is 30.6 Å². The molecule has 0 saturated heterocycles. The minimum Gasteiger partial charge on any atom is -0.478 e. The maximum absolute atomic E-state index is 11.3. The number of rotatable bonds is 5. The number of para-hydroxylation sites is 1. The lowest BCUT2D eigenvalue weighted by molar-refractivity contribution is 0.0697. The van der Waals surface area contributed by atoms with Gasteiger partial charge in [0, 0.05) is 26.0 Å². The van der Waals surface area contributed by atoms with Crippen LogP contribution in [-0.4, -0.2) is 29.7 Å². The van der Waals surface area contributed by atoms with Gasteiger partial charge in [0.1, 0.15) is 0 Å². The number of nitrogens with zero attached hydrogens (tertiary/aromatic N) is 2. The molecule has 104 valence electrons. The van der Waals surface area contributed by atoms with Crippen LogP contribution in [0.2, 0.25) is 0 Å². The molecule has 1 aromatic carbocycles. The minimum absolute atomic E-state index is 0.224. The standard InChI is InChI=1S/C15H17N3O2/c1-18(10-7-11-5-8-17-9-6-11)14-12(15(19)20)3-2-4-13(14)16/h2-6,8-9H,7,10,16H2,1H3,(H,19,20). The van der Waals surface area contributed by atoms with Crippen molar-refractivity contribution in [3.63, 3.8) is 0 Å². The summed E-state index contributed by atoms with van der Waals surface area (Å²) in [6, 6.07) is 8.82. The van der Waals surface area contributed by atoms with E-state index in [0.717, 1.165) is 12.0 Å². The molecular formula is C15H17N3O2.